The van der Waals surface area contributed by atoms with Gasteiger partial charge in [-0.3, -0.25) is 9.20 Å². The molecule has 5 heteroatoms. The van der Waals surface area contributed by atoms with E-state index in [1.807, 2.05) is 56.5 Å². The van der Waals surface area contributed by atoms with Crippen LogP contribution in [0.5, 0.6) is 0 Å². The number of pyridine rings is 1. The van der Waals surface area contributed by atoms with Gasteiger partial charge in [-0.1, -0.05) is 24.6 Å². The molecule has 0 aliphatic rings. The van der Waals surface area contributed by atoms with Gasteiger partial charge in [-0.15, -0.1) is 0 Å². The lowest BCUT2D eigenvalue weighted by Gasteiger charge is -2.10. The Labute approximate surface area is 150 Å². The summed E-state index contributed by atoms with van der Waals surface area (Å²) < 4.78 is 2.80. The molecule has 0 spiro atoms. The van der Waals surface area contributed by atoms with Crippen LogP contribution in [0.4, 0.5) is 5.69 Å². The Morgan fingerprint density at radius 3 is 2.62 bits per heavy atom. The summed E-state index contributed by atoms with van der Waals surface area (Å²) in [4.78, 5) is 17.6. The van der Waals surface area contributed by atoms with E-state index in [2.05, 4.69) is 32.3 Å². The van der Waals surface area contributed by atoms with Crippen LogP contribution in [0.2, 0.25) is 0 Å². The molecule has 0 fully saturated rings. The molecule has 0 saturated heterocycles. The second kappa shape index (κ2) is 6.40. The lowest BCUT2D eigenvalue weighted by atomic mass is 10.1. The molecule has 0 radical (unpaired) electrons. The Morgan fingerprint density at radius 1 is 1.21 bits per heavy atom. The van der Waals surface area contributed by atoms with Crippen molar-refractivity contribution in [3.63, 3.8) is 0 Å². The molecule has 0 unspecified atom stereocenters. The Hall–Kier alpha value is -2.14. The number of amides is 1. The van der Waals surface area contributed by atoms with Crippen molar-refractivity contribution in [2.45, 2.75) is 34.1 Å². The van der Waals surface area contributed by atoms with Crippen LogP contribution in [0.15, 0.2) is 34.9 Å². The zero-order valence-corrected chi connectivity index (χ0v) is 15.9. The Morgan fingerprint density at radius 2 is 1.96 bits per heavy atom. The van der Waals surface area contributed by atoms with Gasteiger partial charge >= 0.3 is 0 Å². The fourth-order valence-corrected chi connectivity index (χ4v) is 3.49. The normalized spacial score (nSPS) is 11.0. The lowest BCUT2D eigenvalue weighted by Crippen LogP contribution is -2.17. The van der Waals surface area contributed by atoms with Crippen LogP contribution in [0.25, 0.3) is 5.65 Å². The average molecular weight is 386 g/mol. The summed E-state index contributed by atoms with van der Waals surface area (Å²) >= 11 is 3.50. The number of carbonyl (C=O) groups excluding carboxylic acids is 1. The molecule has 2 aromatic heterocycles. The monoisotopic (exact) mass is 385 g/mol. The quantitative estimate of drug-likeness (QED) is 0.701. The second-order valence-corrected chi connectivity index (χ2v) is 6.98. The second-order valence-electron chi connectivity index (χ2n) is 6.07. The molecular weight excluding hydrogens is 366 g/mol. The molecule has 124 valence electrons. The predicted molar refractivity (Wildman–Crippen MR) is 101 cm³/mol. The third kappa shape index (κ3) is 2.96. The number of benzene rings is 1. The molecule has 3 aromatic rings. The van der Waals surface area contributed by atoms with Crippen LogP contribution in [0.3, 0.4) is 0 Å². The first-order valence-electron chi connectivity index (χ1n) is 7.96. The minimum absolute atomic E-state index is 0.135. The first-order chi connectivity index (χ1) is 11.4. The zero-order valence-electron chi connectivity index (χ0n) is 14.3. The fourth-order valence-electron chi connectivity index (χ4n) is 2.94. The van der Waals surface area contributed by atoms with E-state index in [0.29, 0.717) is 12.1 Å². The van der Waals surface area contributed by atoms with E-state index in [4.69, 9.17) is 0 Å². The molecule has 1 amide bonds. The molecule has 0 aliphatic carbocycles. The van der Waals surface area contributed by atoms with Gasteiger partial charge in [0.05, 0.1) is 5.69 Å². The SMILES string of the molecule is CCc1nc2c(C)cc(Br)cn2c1C(=O)Nc1ccc(C)cc1C. The standard InChI is InChI=1S/C19H20BrN3O/c1-5-15-17(23-10-14(20)9-13(4)18(23)21-15)19(24)22-16-7-6-11(2)8-12(16)3/h6-10H,5H2,1-4H3,(H,22,24). The number of imidazole rings is 1. The maximum absolute atomic E-state index is 12.9. The number of hydrogen-bond acceptors (Lipinski definition) is 2. The number of halogens is 1. The lowest BCUT2D eigenvalue weighted by molar-refractivity contribution is 0.102. The zero-order chi connectivity index (χ0) is 17.4. The van der Waals surface area contributed by atoms with Crippen LogP contribution >= 0.6 is 15.9 Å². The van der Waals surface area contributed by atoms with E-state index in [9.17, 15) is 4.79 Å². The van der Waals surface area contributed by atoms with Gasteiger partial charge in [-0.25, -0.2) is 4.98 Å². The topological polar surface area (TPSA) is 46.4 Å². The first-order valence-corrected chi connectivity index (χ1v) is 8.75. The number of hydrogen-bond donors (Lipinski definition) is 1. The molecule has 0 aliphatic heterocycles. The van der Waals surface area contributed by atoms with Gasteiger partial charge in [0, 0.05) is 16.4 Å². The van der Waals surface area contributed by atoms with Gasteiger partial charge in [-0.2, -0.15) is 0 Å². The molecule has 0 bridgehead atoms. The van der Waals surface area contributed by atoms with Gasteiger partial charge in [0.2, 0.25) is 0 Å². The van der Waals surface area contributed by atoms with E-state index in [1.165, 1.54) is 5.56 Å². The van der Waals surface area contributed by atoms with Crippen molar-refractivity contribution in [2.75, 3.05) is 5.32 Å². The maximum Gasteiger partial charge on any atom is 0.274 e. The van der Waals surface area contributed by atoms with Crippen molar-refractivity contribution in [3.05, 3.63) is 63.0 Å². The van der Waals surface area contributed by atoms with Crippen LogP contribution in [0.1, 0.15) is 39.8 Å². The summed E-state index contributed by atoms with van der Waals surface area (Å²) in [6, 6.07) is 8.01. The number of anilines is 1. The molecule has 2 heterocycles. The number of aryl methyl sites for hydroxylation is 4. The third-order valence-corrected chi connectivity index (χ3v) is 4.56. The van der Waals surface area contributed by atoms with E-state index in [1.54, 1.807) is 0 Å². The Kier molecular flexibility index (Phi) is 4.45. The van der Waals surface area contributed by atoms with Crippen molar-refractivity contribution in [2.24, 2.45) is 0 Å². The minimum Gasteiger partial charge on any atom is -0.320 e. The summed E-state index contributed by atoms with van der Waals surface area (Å²) in [5.41, 5.74) is 6.30. The molecule has 3 rings (SSSR count). The van der Waals surface area contributed by atoms with Crippen molar-refractivity contribution in [1.82, 2.24) is 9.38 Å². The number of aromatic nitrogens is 2. The summed E-state index contributed by atoms with van der Waals surface area (Å²) in [5, 5.41) is 3.03. The Balaban J connectivity index is 2.09. The summed E-state index contributed by atoms with van der Waals surface area (Å²) in [6.45, 7) is 8.05. The van der Waals surface area contributed by atoms with Crippen LogP contribution < -0.4 is 5.32 Å². The Bertz CT molecular complexity index is 943. The average Bonchev–Trinajstić information content (AvgIpc) is 2.88. The molecular formula is C19H20BrN3O. The molecule has 0 atom stereocenters. The summed E-state index contributed by atoms with van der Waals surface area (Å²) in [7, 11) is 0. The number of nitrogens with one attached hydrogen (secondary N) is 1. The molecule has 0 saturated carbocycles. The van der Waals surface area contributed by atoms with Gasteiger partial charge in [0.15, 0.2) is 0 Å². The highest BCUT2D eigenvalue weighted by atomic mass is 79.9. The molecule has 1 N–H and O–H groups in total. The maximum atomic E-state index is 12.9. The van der Waals surface area contributed by atoms with Crippen molar-refractivity contribution < 1.29 is 4.79 Å². The smallest absolute Gasteiger partial charge is 0.274 e. The number of fused-ring (bicyclic) bond motifs is 1. The van der Waals surface area contributed by atoms with Gasteiger partial charge in [0.25, 0.3) is 5.91 Å². The van der Waals surface area contributed by atoms with E-state index in [0.717, 1.165) is 32.6 Å². The van der Waals surface area contributed by atoms with Crippen molar-refractivity contribution >= 4 is 33.2 Å². The van der Waals surface area contributed by atoms with Crippen molar-refractivity contribution in [1.29, 1.82) is 0 Å². The number of nitrogens with zero attached hydrogens (tertiary/aromatic N) is 2. The van der Waals surface area contributed by atoms with Crippen LogP contribution in [-0.4, -0.2) is 15.3 Å². The number of rotatable bonds is 3. The number of carbonyl (C=O) groups is 1. The fraction of sp³-hybridized carbons (Fsp3) is 0.263. The summed E-state index contributed by atoms with van der Waals surface area (Å²) in [5.74, 6) is -0.135. The highest BCUT2D eigenvalue weighted by Gasteiger charge is 2.20. The van der Waals surface area contributed by atoms with E-state index < -0.39 is 0 Å². The molecule has 24 heavy (non-hydrogen) atoms. The highest BCUT2D eigenvalue weighted by molar-refractivity contribution is 9.10. The highest BCUT2D eigenvalue weighted by Crippen LogP contribution is 2.23. The van der Waals surface area contributed by atoms with Crippen LogP contribution in [-0.2, 0) is 6.42 Å². The minimum atomic E-state index is -0.135. The van der Waals surface area contributed by atoms with E-state index in [-0.39, 0.29) is 5.91 Å². The third-order valence-electron chi connectivity index (χ3n) is 4.12. The van der Waals surface area contributed by atoms with E-state index >= 15 is 0 Å². The van der Waals surface area contributed by atoms with Gasteiger partial charge in [0.1, 0.15) is 11.3 Å². The first kappa shape index (κ1) is 16.7. The van der Waals surface area contributed by atoms with Gasteiger partial charge in [-0.05, 0) is 66.4 Å². The molecule has 4 nitrogen and oxygen atoms in total. The van der Waals surface area contributed by atoms with Crippen LogP contribution in [0, 0.1) is 20.8 Å². The predicted octanol–water partition coefficient (Wildman–Crippen LogP) is 4.84. The largest absolute Gasteiger partial charge is 0.320 e. The van der Waals surface area contributed by atoms with Gasteiger partial charge < -0.3 is 5.32 Å². The van der Waals surface area contributed by atoms with Crippen molar-refractivity contribution in [3.8, 4) is 0 Å². The molecule has 1 aromatic carbocycles. The summed E-state index contributed by atoms with van der Waals surface area (Å²) in [6.07, 6.45) is 2.60.